The zero-order valence-electron chi connectivity index (χ0n) is 9.34. The second-order valence-electron chi connectivity index (χ2n) is 3.81. The number of hydrogen-bond acceptors (Lipinski definition) is 2. The fourth-order valence-electron chi connectivity index (χ4n) is 1.56. The number of benzene rings is 1. The highest BCUT2D eigenvalue weighted by molar-refractivity contribution is 5.57. The minimum Gasteiger partial charge on any atom is -0.342 e. The summed E-state index contributed by atoms with van der Waals surface area (Å²) in [5.41, 5.74) is 8.80. The Labute approximate surface area is 93.5 Å². The van der Waals surface area contributed by atoms with Gasteiger partial charge in [-0.05, 0) is 32.0 Å². The predicted octanol–water partition coefficient (Wildman–Crippen LogP) is 2.29. The number of hydrogen-bond donors (Lipinski definition) is 2. The molecule has 16 heavy (non-hydrogen) atoms. The molecule has 1 aromatic heterocycles. The Morgan fingerprint density at radius 1 is 1.38 bits per heavy atom. The first-order valence-electron chi connectivity index (χ1n) is 5.14. The third-order valence-corrected chi connectivity index (χ3v) is 2.67. The molecule has 1 heterocycles. The Balaban J connectivity index is 2.48. The van der Waals surface area contributed by atoms with Gasteiger partial charge in [0.1, 0.15) is 11.6 Å². The van der Waals surface area contributed by atoms with Crippen molar-refractivity contribution in [3.63, 3.8) is 0 Å². The normalized spacial score (nSPS) is 10.8. The van der Waals surface area contributed by atoms with E-state index in [1.807, 2.05) is 13.8 Å². The molecule has 4 heteroatoms. The van der Waals surface area contributed by atoms with Crippen LogP contribution in [0.1, 0.15) is 17.0 Å². The average molecular weight is 219 g/mol. The summed E-state index contributed by atoms with van der Waals surface area (Å²) in [6, 6.07) is 4.85. The Kier molecular flexibility index (Phi) is 2.75. The van der Waals surface area contributed by atoms with E-state index in [1.54, 1.807) is 12.1 Å². The van der Waals surface area contributed by atoms with Crippen molar-refractivity contribution in [3.05, 3.63) is 41.0 Å². The van der Waals surface area contributed by atoms with Gasteiger partial charge in [-0.25, -0.2) is 9.37 Å². The maximum absolute atomic E-state index is 13.3. The number of H-pyrrole nitrogens is 1. The van der Waals surface area contributed by atoms with E-state index in [2.05, 4.69) is 9.97 Å². The van der Waals surface area contributed by atoms with E-state index >= 15 is 0 Å². The molecule has 2 aromatic rings. The zero-order valence-corrected chi connectivity index (χ0v) is 9.34. The number of rotatable bonds is 2. The number of aryl methyl sites for hydroxylation is 2. The van der Waals surface area contributed by atoms with Crippen LogP contribution in [0.15, 0.2) is 18.2 Å². The number of aromatic nitrogens is 2. The average Bonchev–Trinajstić information content (AvgIpc) is 2.60. The minimum atomic E-state index is -0.272. The number of imidazole rings is 1. The van der Waals surface area contributed by atoms with Gasteiger partial charge < -0.3 is 10.7 Å². The molecule has 2 rings (SSSR count). The van der Waals surface area contributed by atoms with Gasteiger partial charge in [0.05, 0.1) is 5.69 Å². The molecule has 84 valence electrons. The van der Waals surface area contributed by atoms with Gasteiger partial charge in [-0.2, -0.15) is 0 Å². The molecule has 1 aromatic carbocycles. The van der Waals surface area contributed by atoms with E-state index in [1.165, 1.54) is 6.07 Å². The predicted molar refractivity (Wildman–Crippen MR) is 61.3 cm³/mol. The van der Waals surface area contributed by atoms with Gasteiger partial charge in [-0.1, -0.05) is 0 Å². The van der Waals surface area contributed by atoms with Crippen molar-refractivity contribution in [1.82, 2.24) is 9.97 Å². The summed E-state index contributed by atoms with van der Waals surface area (Å²) >= 11 is 0. The fourth-order valence-corrected chi connectivity index (χ4v) is 1.56. The van der Waals surface area contributed by atoms with Crippen molar-refractivity contribution in [2.24, 2.45) is 5.73 Å². The first-order chi connectivity index (χ1) is 7.61. The van der Waals surface area contributed by atoms with E-state index < -0.39 is 0 Å². The lowest BCUT2D eigenvalue weighted by Crippen LogP contribution is -2.00. The van der Waals surface area contributed by atoms with Gasteiger partial charge in [0.2, 0.25) is 0 Å². The molecule has 0 bridgehead atoms. The highest BCUT2D eigenvalue weighted by Gasteiger charge is 2.07. The topological polar surface area (TPSA) is 54.7 Å². The SMILES string of the molecule is Cc1nc(-c2ccc(F)c(CN)c2)[nH]c1C. The Hall–Kier alpha value is -1.68. The molecule has 0 unspecified atom stereocenters. The van der Waals surface area contributed by atoms with Crippen LogP contribution in [0.4, 0.5) is 4.39 Å². The largest absolute Gasteiger partial charge is 0.342 e. The molecule has 0 saturated heterocycles. The highest BCUT2D eigenvalue weighted by Crippen LogP contribution is 2.20. The summed E-state index contributed by atoms with van der Waals surface area (Å²) < 4.78 is 13.3. The van der Waals surface area contributed by atoms with Gasteiger partial charge in [0.15, 0.2) is 0 Å². The molecule has 3 nitrogen and oxygen atoms in total. The van der Waals surface area contributed by atoms with Gasteiger partial charge in [-0.15, -0.1) is 0 Å². The summed E-state index contributed by atoms with van der Waals surface area (Å²) in [4.78, 5) is 7.52. The van der Waals surface area contributed by atoms with E-state index in [-0.39, 0.29) is 12.4 Å². The van der Waals surface area contributed by atoms with E-state index in [0.717, 1.165) is 22.8 Å². The van der Waals surface area contributed by atoms with Gasteiger partial charge in [-0.3, -0.25) is 0 Å². The molecule has 0 radical (unpaired) electrons. The van der Waals surface area contributed by atoms with Crippen LogP contribution >= 0.6 is 0 Å². The standard InChI is InChI=1S/C12H14FN3/c1-7-8(2)16-12(15-7)9-3-4-11(13)10(5-9)6-14/h3-5H,6,14H2,1-2H3,(H,15,16). The summed E-state index contributed by atoms with van der Waals surface area (Å²) in [5.74, 6) is 0.482. The minimum absolute atomic E-state index is 0.193. The van der Waals surface area contributed by atoms with Crippen LogP contribution in [0.25, 0.3) is 11.4 Å². The van der Waals surface area contributed by atoms with Gasteiger partial charge >= 0.3 is 0 Å². The summed E-state index contributed by atoms with van der Waals surface area (Å²) in [5, 5.41) is 0. The molecule has 0 aliphatic heterocycles. The maximum atomic E-state index is 13.3. The molecular formula is C12H14FN3. The van der Waals surface area contributed by atoms with Crippen molar-refractivity contribution in [2.45, 2.75) is 20.4 Å². The Bertz CT molecular complexity index is 497. The third-order valence-electron chi connectivity index (χ3n) is 2.67. The summed E-state index contributed by atoms with van der Waals surface area (Å²) in [6.45, 7) is 4.08. The summed E-state index contributed by atoms with van der Waals surface area (Å²) in [6.07, 6.45) is 0. The third kappa shape index (κ3) is 1.84. The van der Waals surface area contributed by atoms with Crippen LogP contribution in [0, 0.1) is 19.7 Å². The van der Waals surface area contributed by atoms with Crippen LogP contribution in [-0.2, 0) is 6.54 Å². The first kappa shape index (κ1) is 10.8. The number of halogens is 1. The van der Waals surface area contributed by atoms with Crippen LogP contribution in [-0.4, -0.2) is 9.97 Å². The van der Waals surface area contributed by atoms with Crippen LogP contribution in [0.2, 0.25) is 0 Å². The van der Waals surface area contributed by atoms with Crippen molar-refractivity contribution in [2.75, 3.05) is 0 Å². The Morgan fingerprint density at radius 3 is 2.69 bits per heavy atom. The molecule has 0 aliphatic carbocycles. The number of nitrogens with zero attached hydrogens (tertiary/aromatic N) is 1. The lowest BCUT2D eigenvalue weighted by Gasteiger charge is -2.02. The number of nitrogens with two attached hydrogens (primary N) is 1. The highest BCUT2D eigenvalue weighted by atomic mass is 19.1. The molecule has 0 aliphatic rings. The molecular weight excluding hydrogens is 205 g/mol. The summed E-state index contributed by atoms with van der Waals surface area (Å²) in [7, 11) is 0. The quantitative estimate of drug-likeness (QED) is 0.814. The van der Waals surface area contributed by atoms with Crippen LogP contribution < -0.4 is 5.73 Å². The lowest BCUT2D eigenvalue weighted by atomic mass is 10.1. The molecule has 0 saturated carbocycles. The fraction of sp³-hybridized carbons (Fsp3) is 0.250. The van der Waals surface area contributed by atoms with Gasteiger partial charge in [0, 0.05) is 23.4 Å². The molecule has 0 fully saturated rings. The molecule has 0 spiro atoms. The second kappa shape index (κ2) is 4.06. The number of nitrogens with one attached hydrogen (secondary N) is 1. The maximum Gasteiger partial charge on any atom is 0.137 e. The van der Waals surface area contributed by atoms with Gasteiger partial charge in [0.25, 0.3) is 0 Å². The smallest absolute Gasteiger partial charge is 0.137 e. The van der Waals surface area contributed by atoms with Crippen LogP contribution in [0.5, 0.6) is 0 Å². The van der Waals surface area contributed by atoms with E-state index in [9.17, 15) is 4.39 Å². The Morgan fingerprint density at radius 2 is 2.12 bits per heavy atom. The number of aromatic amines is 1. The van der Waals surface area contributed by atoms with Crippen molar-refractivity contribution < 1.29 is 4.39 Å². The van der Waals surface area contributed by atoms with Crippen LogP contribution in [0.3, 0.4) is 0 Å². The van der Waals surface area contributed by atoms with Crippen molar-refractivity contribution in [1.29, 1.82) is 0 Å². The lowest BCUT2D eigenvalue weighted by molar-refractivity contribution is 0.611. The first-order valence-corrected chi connectivity index (χ1v) is 5.14. The van der Waals surface area contributed by atoms with Crippen molar-refractivity contribution in [3.8, 4) is 11.4 Å². The second-order valence-corrected chi connectivity index (χ2v) is 3.81. The zero-order chi connectivity index (χ0) is 11.7. The molecule has 3 N–H and O–H groups in total. The van der Waals surface area contributed by atoms with Crippen molar-refractivity contribution >= 4 is 0 Å². The van der Waals surface area contributed by atoms with E-state index in [4.69, 9.17) is 5.73 Å². The monoisotopic (exact) mass is 219 g/mol. The molecule has 0 atom stereocenters. The molecule has 0 amide bonds. The van der Waals surface area contributed by atoms with E-state index in [0.29, 0.717) is 5.56 Å².